The van der Waals surface area contributed by atoms with Gasteiger partial charge in [-0.1, -0.05) is 24.3 Å². The largest absolute Gasteiger partial charge is 0.363 e. The van der Waals surface area contributed by atoms with Crippen molar-refractivity contribution in [3.63, 3.8) is 0 Å². The maximum absolute atomic E-state index is 13.3. The zero-order valence-electron chi connectivity index (χ0n) is 18.0. The number of halogens is 1. The van der Waals surface area contributed by atoms with Crippen molar-refractivity contribution in [2.24, 2.45) is 0 Å². The Morgan fingerprint density at radius 1 is 0.879 bits per heavy atom. The average molecular weight is 464 g/mol. The van der Waals surface area contributed by atoms with Gasteiger partial charge in [0.1, 0.15) is 23.3 Å². The Labute approximate surface area is 191 Å². The molecule has 7 nitrogen and oxygen atoms in total. The normalized spacial score (nSPS) is 12.2. The summed E-state index contributed by atoms with van der Waals surface area (Å²) in [6.07, 6.45) is 5.92. The van der Waals surface area contributed by atoms with Crippen LogP contribution in [0.15, 0.2) is 84.1 Å². The van der Waals surface area contributed by atoms with E-state index in [1.54, 1.807) is 55.0 Å². The zero-order chi connectivity index (χ0) is 23.4. The molecule has 0 spiro atoms. The van der Waals surface area contributed by atoms with Crippen LogP contribution in [0.4, 0.5) is 21.8 Å². The minimum Gasteiger partial charge on any atom is -0.363 e. The van der Waals surface area contributed by atoms with Crippen molar-refractivity contribution in [3.05, 3.63) is 90.6 Å². The Balaban J connectivity index is 1.69. The first-order valence-corrected chi connectivity index (χ1v) is 12.0. The number of aromatic nitrogens is 3. The summed E-state index contributed by atoms with van der Waals surface area (Å²) in [6, 6.07) is 16.5. The van der Waals surface area contributed by atoms with Gasteiger partial charge >= 0.3 is 0 Å². The molecule has 0 aliphatic rings. The number of rotatable bonds is 7. The van der Waals surface area contributed by atoms with Crippen molar-refractivity contribution < 1.29 is 12.8 Å². The molecule has 0 aliphatic carbocycles. The van der Waals surface area contributed by atoms with Crippen LogP contribution in [0.5, 0.6) is 0 Å². The summed E-state index contributed by atoms with van der Waals surface area (Å²) in [5, 5.41) is 6.48. The van der Waals surface area contributed by atoms with E-state index in [4.69, 9.17) is 0 Å². The number of benzene rings is 2. The molecule has 2 heterocycles. The Kier molecular flexibility index (Phi) is 6.32. The first-order valence-electron chi connectivity index (χ1n) is 10.2. The predicted octanol–water partition coefficient (Wildman–Crippen LogP) is 5.00. The lowest BCUT2D eigenvalue weighted by Crippen LogP contribution is -2.09. The average Bonchev–Trinajstić information content (AvgIpc) is 2.79. The molecule has 0 bridgehead atoms. The van der Waals surface area contributed by atoms with Gasteiger partial charge < -0.3 is 10.6 Å². The topological polar surface area (TPSA) is 96.9 Å². The van der Waals surface area contributed by atoms with Gasteiger partial charge in [0.05, 0.1) is 11.1 Å². The highest BCUT2D eigenvalue weighted by atomic mass is 32.2. The molecular formula is C24H22FN5O2S. The molecule has 0 amide bonds. The van der Waals surface area contributed by atoms with Gasteiger partial charge in [-0.3, -0.25) is 4.98 Å². The number of pyridine rings is 1. The van der Waals surface area contributed by atoms with E-state index in [1.807, 2.05) is 19.1 Å². The van der Waals surface area contributed by atoms with Crippen LogP contribution in [-0.4, -0.2) is 29.6 Å². The quantitative estimate of drug-likeness (QED) is 0.398. The molecule has 2 aromatic carbocycles. The molecule has 2 aromatic heterocycles. The third kappa shape index (κ3) is 5.69. The number of anilines is 3. The summed E-state index contributed by atoms with van der Waals surface area (Å²) in [5.74, 6) is 1.36. The molecule has 168 valence electrons. The number of sulfone groups is 1. The molecule has 33 heavy (non-hydrogen) atoms. The third-order valence-electron chi connectivity index (χ3n) is 4.99. The zero-order valence-corrected chi connectivity index (χ0v) is 18.8. The highest BCUT2D eigenvalue weighted by molar-refractivity contribution is 7.90. The molecule has 0 saturated carbocycles. The standard InChI is InChI=1S/C24H22FN5O2S/c1-16(17-3-7-20(25)8-4-17)28-22-13-19(18-5-9-21(10-6-18)33(2,31)32)14-23(29-22)30-24-15-26-11-12-27-24/h3-16H,1-2H3,(H2,27,28,29,30). The predicted molar refractivity (Wildman–Crippen MR) is 127 cm³/mol. The number of hydrogen-bond donors (Lipinski definition) is 2. The van der Waals surface area contributed by atoms with Crippen LogP contribution in [0.1, 0.15) is 18.5 Å². The Bertz CT molecular complexity index is 1350. The Morgan fingerprint density at radius 2 is 1.58 bits per heavy atom. The van der Waals surface area contributed by atoms with Gasteiger partial charge in [-0.25, -0.2) is 22.8 Å². The molecule has 2 N–H and O–H groups in total. The van der Waals surface area contributed by atoms with Crippen molar-refractivity contribution in [2.75, 3.05) is 16.9 Å². The van der Waals surface area contributed by atoms with Crippen LogP contribution in [0.25, 0.3) is 11.1 Å². The van der Waals surface area contributed by atoms with Crippen LogP contribution >= 0.6 is 0 Å². The second-order valence-corrected chi connectivity index (χ2v) is 9.57. The van der Waals surface area contributed by atoms with Crippen LogP contribution in [0.2, 0.25) is 0 Å². The highest BCUT2D eigenvalue weighted by Gasteiger charge is 2.12. The van der Waals surface area contributed by atoms with Crippen molar-refractivity contribution in [2.45, 2.75) is 17.9 Å². The minimum atomic E-state index is -3.29. The molecule has 1 unspecified atom stereocenters. The first-order chi connectivity index (χ1) is 15.8. The SMILES string of the molecule is CC(Nc1cc(-c2ccc(S(C)(=O)=O)cc2)cc(Nc2cnccn2)n1)c1ccc(F)cc1. The van der Waals surface area contributed by atoms with Crippen LogP contribution < -0.4 is 10.6 Å². The van der Waals surface area contributed by atoms with Crippen LogP contribution in [0, 0.1) is 5.82 Å². The van der Waals surface area contributed by atoms with Gasteiger partial charge in [0, 0.05) is 24.7 Å². The molecule has 0 radical (unpaired) electrons. The van der Waals surface area contributed by atoms with Gasteiger partial charge in [-0.15, -0.1) is 0 Å². The van der Waals surface area contributed by atoms with Crippen molar-refractivity contribution >= 4 is 27.3 Å². The molecule has 0 aliphatic heterocycles. The smallest absolute Gasteiger partial charge is 0.175 e. The first kappa shape index (κ1) is 22.3. The second-order valence-electron chi connectivity index (χ2n) is 7.56. The summed E-state index contributed by atoms with van der Waals surface area (Å²) in [5.41, 5.74) is 2.55. The lowest BCUT2D eigenvalue weighted by atomic mass is 10.1. The maximum atomic E-state index is 13.3. The number of nitrogens with one attached hydrogen (secondary N) is 2. The third-order valence-corrected chi connectivity index (χ3v) is 6.12. The summed E-state index contributed by atoms with van der Waals surface area (Å²) in [6.45, 7) is 1.96. The summed E-state index contributed by atoms with van der Waals surface area (Å²) >= 11 is 0. The fourth-order valence-corrected chi connectivity index (χ4v) is 3.91. The number of nitrogens with zero attached hydrogens (tertiary/aromatic N) is 3. The lowest BCUT2D eigenvalue weighted by molar-refractivity contribution is 0.602. The monoisotopic (exact) mass is 463 g/mol. The van der Waals surface area contributed by atoms with Gasteiger partial charge in [0.2, 0.25) is 0 Å². The van der Waals surface area contributed by atoms with Crippen molar-refractivity contribution in [3.8, 4) is 11.1 Å². The van der Waals surface area contributed by atoms with Crippen molar-refractivity contribution in [1.29, 1.82) is 0 Å². The summed E-state index contributed by atoms with van der Waals surface area (Å²) < 4.78 is 36.9. The van der Waals surface area contributed by atoms with E-state index in [1.165, 1.54) is 18.4 Å². The maximum Gasteiger partial charge on any atom is 0.175 e. The van der Waals surface area contributed by atoms with E-state index in [9.17, 15) is 12.8 Å². The van der Waals surface area contributed by atoms with E-state index in [0.29, 0.717) is 17.5 Å². The summed E-state index contributed by atoms with van der Waals surface area (Å²) in [7, 11) is -3.29. The highest BCUT2D eigenvalue weighted by Crippen LogP contribution is 2.29. The Morgan fingerprint density at radius 3 is 2.21 bits per heavy atom. The van der Waals surface area contributed by atoms with Gasteiger partial charge in [0.25, 0.3) is 0 Å². The van der Waals surface area contributed by atoms with E-state index >= 15 is 0 Å². The van der Waals surface area contributed by atoms with E-state index < -0.39 is 9.84 Å². The van der Waals surface area contributed by atoms with E-state index in [2.05, 4.69) is 25.6 Å². The van der Waals surface area contributed by atoms with E-state index in [0.717, 1.165) is 16.7 Å². The van der Waals surface area contributed by atoms with Crippen molar-refractivity contribution in [1.82, 2.24) is 15.0 Å². The van der Waals surface area contributed by atoms with Crippen LogP contribution in [0.3, 0.4) is 0 Å². The molecule has 0 fully saturated rings. The summed E-state index contributed by atoms with van der Waals surface area (Å²) in [4.78, 5) is 13.2. The second kappa shape index (κ2) is 9.33. The molecule has 4 aromatic rings. The fraction of sp³-hybridized carbons (Fsp3) is 0.125. The fourth-order valence-electron chi connectivity index (χ4n) is 3.28. The van der Waals surface area contributed by atoms with E-state index in [-0.39, 0.29) is 16.8 Å². The minimum absolute atomic E-state index is 0.134. The van der Waals surface area contributed by atoms with Crippen LogP contribution in [-0.2, 0) is 9.84 Å². The number of hydrogen-bond acceptors (Lipinski definition) is 7. The molecule has 1 atom stereocenters. The molecule has 0 saturated heterocycles. The molecule has 4 rings (SSSR count). The lowest BCUT2D eigenvalue weighted by Gasteiger charge is -2.17. The van der Waals surface area contributed by atoms with Gasteiger partial charge in [-0.05, 0) is 60.0 Å². The Hall–Kier alpha value is -3.85. The van der Waals surface area contributed by atoms with Gasteiger partial charge in [-0.2, -0.15) is 0 Å². The molecule has 9 heteroatoms. The van der Waals surface area contributed by atoms with Gasteiger partial charge in [0.15, 0.2) is 9.84 Å². The molecular weight excluding hydrogens is 441 g/mol.